The Hall–Kier alpha value is -2.89. The number of anilines is 3. The molecule has 0 spiro atoms. The normalized spacial score (nSPS) is 12.0. The molecule has 3 rings (SSSR count). The van der Waals surface area contributed by atoms with E-state index < -0.39 is 0 Å². The fourth-order valence-electron chi connectivity index (χ4n) is 1.87. The van der Waals surface area contributed by atoms with E-state index in [0.717, 1.165) is 0 Å². The molecular weight excluding hydrogens is 258 g/mol. The van der Waals surface area contributed by atoms with Gasteiger partial charge in [-0.15, -0.1) is 0 Å². The van der Waals surface area contributed by atoms with Crippen molar-refractivity contribution >= 4 is 23.1 Å². The molecule has 0 aromatic heterocycles. The van der Waals surface area contributed by atoms with Crippen LogP contribution in [0.1, 0.15) is 0 Å². The van der Waals surface area contributed by atoms with Gasteiger partial charge in [0.25, 0.3) is 0 Å². The maximum Gasteiger partial charge on any atom is 0.323 e. The number of benzene rings is 2. The number of ether oxygens (including phenoxy) is 2. The number of nitrogens with two attached hydrogens (primary N) is 1. The molecule has 4 N–H and O–H groups in total. The lowest BCUT2D eigenvalue weighted by Gasteiger charge is -2.10. The van der Waals surface area contributed by atoms with Gasteiger partial charge in [-0.05, 0) is 12.1 Å². The van der Waals surface area contributed by atoms with Crippen molar-refractivity contribution in [3.8, 4) is 11.5 Å². The van der Waals surface area contributed by atoms with Crippen LogP contribution in [0.3, 0.4) is 0 Å². The van der Waals surface area contributed by atoms with E-state index in [4.69, 9.17) is 15.2 Å². The summed E-state index contributed by atoms with van der Waals surface area (Å²) in [6.45, 7) is 0.161. The van der Waals surface area contributed by atoms with Crippen molar-refractivity contribution < 1.29 is 14.3 Å². The van der Waals surface area contributed by atoms with Gasteiger partial charge < -0.3 is 25.8 Å². The number of amides is 2. The van der Waals surface area contributed by atoms with Crippen LogP contribution in [-0.2, 0) is 0 Å². The summed E-state index contributed by atoms with van der Waals surface area (Å²) in [6.07, 6.45) is 0. The Balaban J connectivity index is 1.73. The molecule has 1 aliphatic heterocycles. The molecule has 2 aromatic rings. The maximum atomic E-state index is 11.9. The molecule has 20 heavy (non-hydrogen) atoms. The molecule has 102 valence electrons. The molecular formula is C14H13N3O3. The zero-order valence-electron chi connectivity index (χ0n) is 10.6. The molecule has 0 saturated carbocycles. The van der Waals surface area contributed by atoms with E-state index in [1.54, 1.807) is 24.3 Å². The lowest BCUT2D eigenvalue weighted by molar-refractivity contribution is 0.174. The van der Waals surface area contributed by atoms with E-state index in [2.05, 4.69) is 10.6 Å². The Kier molecular flexibility index (Phi) is 3.04. The number of carbonyl (C=O) groups excluding carboxylic acids is 1. The first kappa shape index (κ1) is 12.2. The quantitative estimate of drug-likeness (QED) is 0.733. The summed E-state index contributed by atoms with van der Waals surface area (Å²) < 4.78 is 10.4. The predicted octanol–water partition coefficient (Wildman–Crippen LogP) is 2.64. The highest BCUT2D eigenvalue weighted by molar-refractivity contribution is 6.01. The van der Waals surface area contributed by atoms with E-state index in [-0.39, 0.29) is 12.8 Å². The predicted molar refractivity (Wildman–Crippen MR) is 76.1 cm³/mol. The fourth-order valence-corrected chi connectivity index (χ4v) is 1.87. The van der Waals surface area contributed by atoms with Crippen molar-refractivity contribution in [2.75, 3.05) is 23.2 Å². The van der Waals surface area contributed by atoms with Crippen molar-refractivity contribution in [1.29, 1.82) is 0 Å². The van der Waals surface area contributed by atoms with Gasteiger partial charge in [0.1, 0.15) is 0 Å². The molecule has 1 heterocycles. The van der Waals surface area contributed by atoms with Crippen LogP contribution >= 0.6 is 0 Å². The molecule has 0 bridgehead atoms. The van der Waals surface area contributed by atoms with Crippen LogP contribution in [0.25, 0.3) is 0 Å². The molecule has 0 saturated heterocycles. The SMILES string of the molecule is Nc1cc2c(cc1NC(=O)Nc1ccccc1)OCO2. The topological polar surface area (TPSA) is 85.6 Å². The van der Waals surface area contributed by atoms with Gasteiger partial charge in [0.15, 0.2) is 11.5 Å². The highest BCUT2D eigenvalue weighted by Gasteiger charge is 2.17. The number of fused-ring (bicyclic) bond motifs is 1. The molecule has 0 atom stereocenters. The van der Waals surface area contributed by atoms with Crippen LogP contribution in [0.4, 0.5) is 21.9 Å². The third-order valence-electron chi connectivity index (χ3n) is 2.82. The number of urea groups is 1. The zero-order chi connectivity index (χ0) is 13.9. The highest BCUT2D eigenvalue weighted by atomic mass is 16.7. The second kappa shape index (κ2) is 5.00. The Bertz CT molecular complexity index is 644. The van der Waals surface area contributed by atoms with Crippen molar-refractivity contribution in [3.63, 3.8) is 0 Å². The average molecular weight is 271 g/mol. The van der Waals surface area contributed by atoms with Crippen LogP contribution in [0.2, 0.25) is 0 Å². The number of nitrogen functional groups attached to an aromatic ring is 1. The Morgan fingerprint density at radius 2 is 1.75 bits per heavy atom. The van der Waals surface area contributed by atoms with Gasteiger partial charge in [-0.2, -0.15) is 0 Å². The Morgan fingerprint density at radius 1 is 1.05 bits per heavy atom. The number of hydrogen-bond acceptors (Lipinski definition) is 4. The zero-order valence-corrected chi connectivity index (χ0v) is 10.6. The molecule has 1 aliphatic rings. The smallest absolute Gasteiger partial charge is 0.323 e. The van der Waals surface area contributed by atoms with Gasteiger partial charge in [-0.25, -0.2) is 4.79 Å². The summed E-state index contributed by atoms with van der Waals surface area (Å²) in [4.78, 5) is 11.9. The summed E-state index contributed by atoms with van der Waals surface area (Å²) >= 11 is 0. The lowest BCUT2D eigenvalue weighted by Crippen LogP contribution is -2.20. The van der Waals surface area contributed by atoms with Crippen molar-refractivity contribution in [1.82, 2.24) is 0 Å². The molecule has 0 fully saturated rings. The molecule has 0 aliphatic carbocycles. The second-order valence-electron chi connectivity index (χ2n) is 4.24. The molecule has 2 amide bonds. The monoisotopic (exact) mass is 271 g/mol. The first-order valence-corrected chi connectivity index (χ1v) is 6.04. The Morgan fingerprint density at radius 3 is 2.50 bits per heavy atom. The average Bonchev–Trinajstić information content (AvgIpc) is 2.87. The van der Waals surface area contributed by atoms with Crippen molar-refractivity contribution in [2.45, 2.75) is 0 Å². The van der Waals surface area contributed by atoms with E-state index in [9.17, 15) is 4.79 Å². The second-order valence-corrected chi connectivity index (χ2v) is 4.24. The van der Waals surface area contributed by atoms with Gasteiger partial charge >= 0.3 is 6.03 Å². The van der Waals surface area contributed by atoms with Crippen LogP contribution in [0, 0.1) is 0 Å². The number of rotatable bonds is 2. The Labute approximate surface area is 115 Å². The summed E-state index contributed by atoms with van der Waals surface area (Å²) in [7, 11) is 0. The number of para-hydroxylation sites is 1. The third-order valence-corrected chi connectivity index (χ3v) is 2.82. The summed E-state index contributed by atoms with van der Waals surface area (Å²) in [5, 5.41) is 5.39. The van der Waals surface area contributed by atoms with Gasteiger partial charge in [0, 0.05) is 17.8 Å². The highest BCUT2D eigenvalue weighted by Crippen LogP contribution is 2.38. The largest absolute Gasteiger partial charge is 0.454 e. The van der Waals surface area contributed by atoms with Gasteiger partial charge in [0.2, 0.25) is 6.79 Å². The van der Waals surface area contributed by atoms with Crippen LogP contribution < -0.4 is 25.8 Å². The maximum absolute atomic E-state index is 11.9. The number of hydrogen-bond donors (Lipinski definition) is 3. The minimum Gasteiger partial charge on any atom is -0.454 e. The van der Waals surface area contributed by atoms with E-state index in [1.165, 1.54) is 0 Å². The molecule has 2 aromatic carbocycles. The number of carbonyl (C=O) groups is 1. The van der Waals surface area contributed by atoms with Crippen molar-refractivity contribution in [2.24, 2.45) is 0 Å². The van der Waals surface area contributed by atoms with Crippen molar-refractivity contribution in [3.05, 3.63) is 42.5 Å². The first-order valence-electron chi connectivity index (χ1n) is 6.04. The van der Waals surface area contributed by atoms with Gasteiger partial charge in [0.05, 0.1) is 11.4 Å². The molecule has 0 unspecified atom stereocenters. The van der Waals surface area contributed by atoms with E-state index in [0.29, 0.717) is 28.6 Å². The third kappa shape index (κ3) is 2.44. The lowest BCUT2D eigenvalue weighted by atomic mass is 10.2. The molecule has 6 heteroatoms. The molecule has 6 nitrogen and oxygen atoms in total. The summed E-state index contributed by atoms with van der Waals surface area (Å²) in [6, 6.07) is 12.0. The van der Waals surface area contributed by atoms with E-state index in [1.807, 2.05) is 18.2 Å². The summed E-state index contributed by atoms with van der Waals surface area (Å²) in [5.74, 6) is 1.14. The minimum absolute atomic E-state index is 0.161. The van der Waals surface area contributed by atoms with E-state index >= 15 is 0 Å². The summed E-state index contributed by atoms with van der Waals surface area (Å²) in [5.41, 5.74) is 7.44. The molecule has 0 radical (unpaired) electrons. The van der Waals surface area contributed by atoms with Crippen LogP contribution in [0.5, 0.6) is 11.5 Å². The van der Waals surface area contributed by atoms with Gasteiger partial charge in [-0.3, -0.25) is 0 Å². The van der Waals surface area contributed by atoms with Crippen LogP contribution in [-0.4, -0.2) is 12.8 Å². The standard InChI is InChI=1S/C14H13N3O3/c15-10-6-12-13(20-8-19-12)7-11(10)17-14(18)16-9-4-2-1-3-5-9/h1-7H,8,15H2,(H2,16,17,18). The van der Waals surface area contributed by atoms with Crippen LogP contribution in [0.15, 0.2) is 42.5 Å². The van der Waals surface area contributed by atoms with Gasteiger partial charge in [-0.1, -0.05) is 18.2 Å². The number of nitrogens with one attached hydrogen (secondary N) is 2. The first-order chi connectivity index (χ1) is 9.72. The minimum atomic E-state index is -0.373. The fraction of sp³-hybridized carbons (Fsp3) is 0.0714.